The first-order valence-electron chi connectivity index (χ1n) is 7.03. The maximum Gasteiger partial charge on any atom is 0.242 e. The van der Waals surface area contributed by atoms with E-state index in [9.17, 15) is 0 Å². The summed E-state index contributed by atoms with van der Waals surface area (Å²) in [5.74, 6) is 0.851. The highest BCUT2D eigenvalue weighted by molar-refractivity contribution is 6.70. The van der Waals surface area contributed by atoms with Crippen molar-refractivity contribution in [2.24, 2.45) is 4.99 Å². The fourth-order valence-corrected chi connectivity index (χ4v) is 2.68. The Bertz CT molecular complexity index is 635. The van der Waals surface area contributed by atoms with Crippen LogP contribution >= 0.6 is 0 Å². The molecule has 0 saturated carbocycles. The van der Waals surface area contributed by atoms with E-state index in [0.717, 1.165) is 22.8 Å². The molecular formula is C16H21N3OSi. The van der Waals surface area contributed by atoms with E-state index in [1.165, 1.54) is 0 Å². The highest BCUT2D eigenvalue weighted by atomic mass is 28.4. The van der Waals surface area contributed by atoms with Crippen LogP contribution in [-0.2, 0) is 6.42 Å². The summed E-state index contributed by atoms with van der Waals surface area (Å²) >= 11 is 0. The maximum atomic E-state index is 6.06. The molecule has 4 nitrogen and oxygen atoms in total. The van der Waals surface area contributed by atoms with Crippen molar-refractivity contribution in [3.05, 3.63) is 48.0 Å². The van der Waals surface area contributed by atoms with E-state index < -0.39 is 8.32 Å². The first-order chi connectivity index (χ1) is 9.96. The lowest BCUT2D eigenvalue weighted by molar-refractivity contribution is 0.559. The van der Waals surface area contributed by atoms with Gasteiger partial charge in [-0.15, -0.1) is 0 Å². The lowest BCUT2D eigenvalue weighted by atomic mass is 10.2. The van der Waals surface area contributed by atoms with E-state index in [2.05, 4.69) is 34.6 Å². The smallest absolute Gasteiger partial charge is 0.242 e. The molecule has 0 saturated heterocycles. The predicted molar refractivity (Wildman–Crippen MR) is 89.0 cm³/mol. The Morgan fingerprint density at radius 2 is 1.86 bits per heavy atom. The van der Waals surface area contributed by atoms with E-state index in [4.69, 9.17) is 4.43 Å². The third-order valence-electron chi connectivity index (χ3n) is 2.78. The van der Waals surface area contributed by atoms with Crippen molar-refractivity contribution < 1.29 is 4.43 Å². The van der Waals surface area contributed by atoms with Gasteiger partial charge in [0.05, 0.1) is 11.4 Å². The highest BCUT2D eigenvalue weighted by Crippen LogP contribution is 2.28. The molecule has 1 aromatic carbocycles. The van der Waals surface area contributed by atoms with Gasteiger partial charge in [0.1, 0.15) is 11.4 Å². The summed E-state index contributed by atoms with van der Waals surface area (Å²) in [6, 6.07) is 7.88. The van der Waals surface area contributed by atoms with Gasteiger partial charge in [-0.05, 0) is 38.7 Å². The molecule has 0 spiro atoms. The average Bonchev–Trinajstić information content (AvgIpc) is 2.41. The number of rotatable bonds is 5. The van der Waals surface area contributed by atoms with Crippen molar-refractivity contribution in [2.45, 2.75) is 33.0 Å². The second kappa shape index (κ2) is 6.63. The van der Waals surface area contributed by atoms with Gasteiger partial charge in [0, 0.05) is 25.0 Å². The predicted octanol–water partition coefficient (Wildman–Crippen LogP) is 3.94. The monoisotopic (exact) mass is 299 g/mol. The Morgan fingerprint density at radius 1 is 1.14 bits per heavy atom. The number of aromatic nitrogens is 2. The van der Waals surface area contributed by atoms with Crippen molar-refractivity contribution >= 4 is 20.2 Å². The second-order valence-electron chi connectivity index (χ2n) is 5.79. The van der Waals surface area contributed by atoms with Gasteiger partial charge in [0.15, 0.2) is 0 Å². The molecular weight excluding hydrogens is 278 g/mol. The number of aryl methyl sites for hydroxylation is 1. The minimum absolute atomic E-state index is 0.668. The number of hydrogen-bond acceptors (Lipinski definition) is 4. The molecule has 0 radical (unpaired) electrons. The van der Waals surface area contributed by atoms with Gasteiger partial charge in [0.25, 0.3) is 0 Å². The summed E-state index contributed by atoms with van der Waals surface area (Å²) in [5.41, 5.74) is 2.75. The molecule has 21 heavy (non-hydrogen) atoms. The molecule has 0 aliphatic rings. The van der Waals surface area contributed by atoms with E-state index >= 15 is 0 Å². The zero-order valence-electron chi connectivity index (χ0n) is 13.0. The first-order valence-corrected chi connectivity index (χ1v) is 10.4. The molecule has 0 atom stereocenters. The van der Waals surface area contributed by atoms with Crippen LogP contribution in [0.2, 0.25) is 19.6 Å². The Balaban J connectivity index is 2.13. The molecule has 1 aromatic heterocycles. The fraction of sp³-hybridized carbons (Fsp3) is 0.312. The molecule has 5 heteroatoms. The second-order valence-corrected chi connectivity index (χ2v) is 10.2. The van der Waals surface area contributed by atoms with Crippen LogP contribution in [-0.4, -0.2) is 24.5 Å². The van der Waals surface area contributed by atoms with Crippen LogP contribution in [0, 0.1) is 6.92 Å². The van der Waals surface area contributed by atoms with Gasteiger partial charge in [-0.3, -0.25) is 15.0 Å². The van der Waals surface area contributed by atoms with Gasteiger partial charge in [-0.25, -0.2) is 0 Å². The van der Waals surface area contributed by atoms with Gasteiger partial charge in [-0.2, -0.15) is 0 Å². The van der Waals surface area contributed by atoms with Gasteiger partial charge in [-0.1, -0.05) is 12.1 Å². The third-order valence-corrected chi connectivity index (χ3v) is 3.61. The normalized spacial score (nSPS) is 11.8. The van der Waals surface area contributed by atoms with Crippen LogP contribution in [0.4, 0.5) is 5.69 Å². The molecule has 1 heterocycles. The Labute approximate surface area is 127 Å². The van der Waals surface area contributed by atoms with Crippen LogP contribution in [0.15, 0.2) is 41.7 Å². The molecule has 0 aliphatic carbocycles. The summed E-state index contributed by atoms with van der Waals surface area (Å²) in [5, 5.41) is 0. The lowest BCUT2D eigenvalue weighted by Gasteiger charge is -2.20. The molecule has 2 aromatic rings. The van der Waals surface area contributed by atoms with Gasteiger partial charge < -0.3 is 4.43 Å². The topological polar surface area (TPSA) is 47.4 Å². The van der Waals surface area contributed by atoms with Crippen LogP contribution in [0.5, 0.6) is 5.75 Å². The molecule has 2 rings (SSSR count). The fourth-order valence-electron chi connectivity index (χ4n) is 1.85. The summed E-state index contributed by atoms with van der Waals surface area (Å²) in [6.07, 6.45) is 5.94. The summed E-state index contributed by atoms with van der Waals surface area (Å²) in [7, 11) is -1.64. The van der Waals surface area contributed by atoms with Gasteiger partial charge >= 0.3 is 0 Å². The Hall–Kier alpha value is -2.01. The summed E-state index contributed by atoms with van der Waals surface area (Å²) < 4.78 is 6.06. The van der Waals surface area contributed by atoms with Crippen molar-refractivity contribution in [1.29, 1.82) is 0 Å². The minimum Gasteiger partial charge on any atom is -0.543 e. The largest absolute Gasteiger partial charge is 0.543 e. The molecule has 0 amide bonds. The molecule has 0 aliphatic heterocycles. The first kappa shape index (κ1) is 15.4. The van der Waals surface area contributed by atoms with Gasteiger partial charge in [0.2, 0.25) is 8.32 Å². The number of aliphatic imine (C=N–C) groups is 1. The molecule has 0 N–H and O–H groups in total. The van der Waals surface area contributed by atoms with E-state index in [1.54, 1.807) is 12.4 Å². The number of hydrogen-bond donors (Lipinski definition) is 0. The van der Waals surface area contributed by atoms with Crippen LogP contribution in [0.1, 0.15) is 11.4 Å². The molecule has 0 bridgehead atoms. The Kier molecular flexibility index (Phi) is 4.85. The molecule has 0 fully saturated rings. The Morgan fingerprint density at radius 3 is 2.57 bits per heavy atom. The molecule has 0 unspecified atom stereocenters. The highest BCUT2D eigenvalue weighted by Gasteiger charge is 2.17. The quantitative estimate of drug-likeness (QED) is 0.620. The van der Waals surface area contributed by atoms with Crippen molar-refractivity contribution in [1.82, 2.24) is 9.97 Å². The van der Waals surface area contributed by atoms with Crippen LogP contribution < -0.4 is 4.43 Å². The SMILES string of the molecule is Cc1nccnc1CC=Nc1ccccc1O[Si](C)(C)C. The molecule has 110 valence electrons. The summed E-state index contributed by atoms with van der Waals surface area (Å²) in [4.78, 5) is 13.1. The van der Waals surface area contributed by atoms with E-state index in [1.807, 2.05) is 37.4 Å². The third kappa shape index (κ3) is 4.79. The van der Waals surface area contributed by atoms with E-state index in [0.29, 0.717) is 6.42 Å². The number of benzene rings is 1. The average molecular weight is 299 g/mol. The summed E-state index contributed by atoms with van der Waals surface area (Å²) in [6.45, 7) is 8.45. The van der Waals surface area contributed by atoms with E-state index in [-0.39, 0.29) is 0 Å². The minimum atomic E-state index is -1.64. The van der Waals surface area contributed by atoms with Crippen molar-refractivity contribution in [3.63, 3.8) is 0 Å². The van der Waals surface area contributed by atoms with Crippen molar-refractivity contribution in [3.8, 4) is 5.75 Å². The zero-order valence-corrected chi connectivity index (χ0v) is 14.0. The number of para-hydroxylation sites is 2. The lowest BCUT2D eigenvalue weighted by Crippen LogP contribution is -2.29. The van der Waals surface area contributed by atoms with Crippen LogP contribution in [0.3, 0.4) is 0 Å². The van der Waals surface area contributed by atoms with Crippen molar-refractivity contribution in [2.75, 3.05) is 0 Å². The zero-order chi connectivity index (χ0) is 15.3. The number of nitrogens with zero attached hydrogens (tertiary/aromatic N) is 3. The van der Waals surface area contributed by atoms with Crippen LogP contribution in [0.25, 0.3) is 0 Å². The standard InChI is InChI=1S/C16H21N3OSi/c1-13-14(19-12-11-17-13)9-10-18-15-7-5-6-8-16(15)20-21(2,3)4/h5-8,10-12H,9H2,1-4H3. The maximum absolute atomic E-state index is 6.06.